The molecule has 0 atom stereocenters. The van der Waals surface area contributed by atoms with Gasteiger partial charge in [-0.25, -0.2) is 0 Å². The molecule has 8 aromatic carbocycles. The molecule has 0 amide bonds. The van der Waals surface area contributed by atoms with Gasteiger partial charge in [-0.2, -0.15) is 36.4 Å². The molecule has 284 valence electrons. The van der Waals surface area contributed by atoms with Crippen LogP contribution in [-0.4, -0.2) is 0 Å². The quantitative estimate of drug-likeness (QED) is 0.119. The fraction of sp³-hybridized carbons (Fsp3) is 0.0545. The summed E-state index contributed by atoms with van der Waals surface area (Å²) >= 11 is 0. The van der Waals surface area contributed by atoms with Crippen LogP contribution in [0.4, 0.5) is 34.1 Å². The van der Waals surface area contributed by atoms with Gasteiger partial charge < -0.3 is 9.80 Å². The topological polar surface area (TPSA) is 6.48 Å². The zero-order chi connectivity index (χ0) is 39.4. The van der Waals surface area contributed by atoms with Crippen LogP contribution in [0.25, 0.3) is 23.3 Å². The Morgan fingerprint density at radius 3 is 1.00 bits per heavy atom. The van der Waals surface area contributed by atoms with Crippen molar-refractivity contribution in [1.29, 1.82) is 0 Å². The molecule has 0 saturated carbocycles. The average molecular weight is 913 g/mol. The second-order valence-corrected chi connectivity index (χ2v) is 14.0. The molecule has 0 fully saturated rings. The van der Waals surface area contributed by atoms with Crippen LogP contribution in [0.3, 0.4) is 0 Å². The third kappa shape index (κ3) is 12.1. The van der Waals surface area contributed by atoms with Crippen LogP contribution in [0, 0.1) is 26.0 Å². The fourth-order valence-electron chi connectivity index (χ4n) is 6.72. The molecule has 0 aliphatic rings. The summed E-state index contributed by atoms with van der Waals surface area (Å²) in [5.74, 6) is 0. The summed E-state index contributed by atoms with van der Waals surface area (Å²) in [7, 11) is 0. The van der Waals surface area contributed by atoms with Gasteiger partial charge in [-0.15, -0.1) is 24.3 Å². The van der Waals surface area contributed by atoms with Gasteiger partial charge in [-0.05, 0) is 102 Å². The van der Waals surface area contributed by atoms with E-state index in [0.717, 1.165) is 51.7 Å². The Balaban J connectivity index is 0.000000217. The first-order valence-electron chi connectivity index (χ1n) is 19.3. The molecule has 0 N–H and O–H groups in total. The minimum absolute atomic E-state index is 0. The van der Waals surface area contributed by atoms with Crippen LogP contribution in [0.1, 0.15) is 33.4 Å². The van der Waals surface area contributed by atoms with Crippen molar-refractivity contribution in [2.45, 2.75) is 20.3 Å². The van der Waals surface area contributed by atoms with Crippen molar-refractivity contribution >= 4 is 46.3 Å². The summed E-state index contributed by atoms with van der Waals surface area (Å²) in [6.45, 7) is 11.9. The molecule has 8 rings (SSSR count). The van der Waals surface area contributed by atoms with Gasteiger partial charge >= 0.3 is 0 Å². The van der Waals surface area contributed by atoms with E-state index in [4.69, 9.17) is 0 Å². The number of rotatable bonds is 11. The van der Waals surface area contributed by atoms with E-state index < -0.39 is 0 Å². The van der Waals surface area contributed by atoms with E-state index in [1.807, 2.05) is 36.4 Å². The summed E-state index contributed by atoms with van der Waals surface area (Å²) in [4.78, 5) is 4.54. The molecule has 2 nitrogen and oxygen atoms in total. The maximum absolute atomic E-state index is 3.82. The Kier molecular flexibility index (Phi) is 17.2. The SMILES string of the molecule is C=Cc1ccc(-c2ccc(N(c3cc[c-]cc3)c3ccc(C)cc3)cc2)cc1.C=Cc1ccc(Cc2ccc(N(c3cc[c-]cc3)c3ccc(C)cc3)cc2)cc1.[Y].[Y]. The first kappa shape index (κ1) is 45.1. The molecule has 0 bridgehead atoms. The molecule has 0 aliphatic carbocycles. The molecular weight excluding hydrogens is 866 g/mol. The molecule has 0 unspecified atom stereocenters. The van der Waals surface area contributed by atoms with Gasteiger partial charge in [0.25, 0.3) is 0 Å². The minimum atomic E-state index is 0. The number of anilines is 6. The van der Waals surface area contributed by atoms with Crippen LogP contribution >= 0.6 is 0 Å². The second-order valence-electron chi connectivity index (χ2n) is 14.0. The van der Waals surface area contributed by atoms with E-state index in [1.54, 1.807) is 0 Å². The van der Waals surface area contributed by atoms with Crippen molar-refractivity contribution < 1.29 is 65.4 Å². The maximum atomic E-state index is 3.82. The minimum Gasteiger partial charge on any atom is -0.334 e. The standard InChI is InChI=1S/C28H24N.C27H22N.2Y/c1-3-23-11-13-24(14-12-23)21-25-15-19-28(20-16-25)29(26-7-5-4-6-8-26)27-17-9-22(2)10-18-27;1-3-22-11-13-23(14-12-22)24-15-19-27(20-16-24)28(25-7-5-4-6-8-25)26-17-9-21(2)10-18-26;;/h3,5-20H,1,21H2,2H3;3,5-20H,1H2,2H3;;/q2*-1;;. The number of hydrogen-bond acceptors (Lipinski definition) is 2. The van der Waals surface area contributed by atoms with Crippen molar-refractivity contribution in [3.63, 3.8) is 0 Å². The van der Waals surface area contributed by atoms with Crippen molar-refractivity contribution in [1.82, 2.24) is 0 Å². The third-order valence-electron chi connectivity index (χ3n) is 9.93. The summed E-state index contributed by atoms with van der Waals surface area (Å²) < 4.78 is 0. The smallest absolute Gasteiger partial charge is 0.0438 e. The number of hydrogen-bond donors (Lipinski definition) is 0. The molecule has 0 saturated heterocycles. The monoisotopic (exact) mass is 912 g/mol. The van der Waals surface area contributed by atoms with Crippen molar-refractivity contribution in [2.24, 2.45) is 0 Å². The predicted octanol–water partition coefficient (Wildman–Crippen LogP) is 15.1. The normalized spacial score (nSPS) is 10.1. The van der Waals surface area contributed by atoms with E-state index in [1.165, 1.54) is 33.4 Å². The van der Waals surface area contributed by atoms with Crippen molar-refractivity contribution in [3.8, 4) is 11.1 Å². The molecule has 0 spiro atoms. The van der Waals surface area contributed by atoms with Crippen molar-refractivity contribution in [3.05, 3.63) is 253 Å². The van der Waals surface area contributed by atoms with Gasteiger partial charge in [-0.1, -0.05) is 145 Å². The van der Waals surface area contributed by atoms with E-state index in [2.05, 4.69) is 219 Å². The van der Waals surface area contributed by atoms with E-state index in [0.29, 0.717) is 0 Å². The predicted molar refractivity (Wildman–Crippen MR) is 244 cm³/mol. The van der Waals surface area contributed by atoms with Gasteiger partial charge in [0.1, 0.15) is 0 Å². The van der Waals surface area contributed by atoms with Crippen LogP contribution in [-0.2, 0) is 71.8 Å². The fourth-order valence-corrected chi connectivity index (χ4v) is 6.72. The summed E-state index contributed by atoms with van der Waals surface area (Å²) in [6, 6.07) is 74.2. The Morgan fingerprint density at radius 1 is 0.373 bits per heavy atom. The van der Waals surface area contributed by atoms with Gasteiger partial charge in [-0.3, -0.25) is 0 Å². The largest absolute Gasteiger partial charge is 0.334 e. The molecular formula is C55H46N2Y2-2. The van der Waals surface area contributed by atoms with Crippen molar-refractivity contribution in [2.75, 3.05) is 9.80 Å². The van der Waals surface area contributed by atoms with Crippen LogP contribution in [0.5, 0.6) is 0 Å². The Labute approximate surface area is 401 Å². The Morgan fingerprint density at radius 2 is 0.644 bits per heavy atom. The summed E-state index contributed by atoms with van der Waals surface area (Å²) in [5.41, 5.74) is 16.6. The zero-order valence-electron chi connectivity index (χ0n) is 33.8. The zero-order valence-corrected chi connectivity index (χ0v) is 39.5. The maximum Gasteiger partial charge on any atom is 0.0438 e. The first-order valence-corrected chi connectivity index (χ1v) is 19.3. The van der Waals surface area contributed by atoms with Crippen LogP contribution < -0.4 is 9.80 Å². The average Bonchev–Trinajstić information content (AvgIpc) is 3.27. The molecule has 59 heavy (non-hydrogen) atoms. The molecule has 2 radical (unpaired) electrons. The Hall–Kier alpha value is -4.95. The third-order valence-corrected chi connectivity index (χ3v) is 9.93. The number of nitrogens with zero attached hydrogens (tertiary/aromatic N) is 2. The molecule has 0 aromatic heterocycles. The van der Waals surface area contributed by atoms with Crippen LogP contribution in [0.15, 0.2) is 207 Å². The van der Waals surface area contributed by atoms with E-state index >= 15 is 0 Å². The summed E-state index contributed by atoms with van der Waals surface area (Å²) in [6.07, 6.45) is 4.66. The van der Waals surface area contributed by atoms with Gasteiger partial charge in [0.15, 0.2) is 0 Å². The first-order chi connectivity index (χ1) is 28.0. The van der Waals surface area contributed by atoms with Gasteiger partial charge in [0.05, 0.1) is 0 Å². The van der Waals surface area contributed by atoms with E-state index in [9.17, 15) is 0 Å². The summed E-state index contributed by atoms with van der Waals surface area (Å²) in [5, 5.41) is 0. The molecule has 0 aliphatic heterocycles. The molecule has 0 heterocycles. The molecule has 8 aromatic rings. The second kappa shape index (κ2) is 22.4. The molecule has 4 heteroatoms. The van der Waals surface area contributed by atoms with Gasteiger partial charge in [0.2, 0.25) is 0 Å². The Bertz CT molecular complexity index is 2480. The number of benzene rings is 8. The number of aryl methyl sites for hydroxylation is 2. The van der Waals surface area contributed by atoms with E-state index in [-0.39, 0.29) is 65.4 Å². The van der Waals surface area contributed by atoms with Crippen LogP contribution in [0.2, 0.25) is 0 Å². The van der Waals surface area contributed by atoms with Gasteiger partial charge in [0, 0.05) is 88.2 Å².